The van der Waals surface area contributed by atoms with E-state index in [4.69, 9.17) is 28.5 Å². The Morgan fingerprint density at radius 1 is 1.16 bits per heavy atom. The molecule has 1 aliphatic heterocycles. The maximum atomic E-state index is 13.2. The number of amides is 1. The molecule has 5 rings (SSSR count). The van der Waals surface area contributed by atoms with Gasteiger partial charge in [0.05, 0.1) is 39.8 Å². The Balaban J connectivity index is 1.27. The zero-order chi connectivity index (χ0) is 26.3. The Hall–Kier alpha value is -3.79. The molecule has 0 aliphatic carbocycles. The van der Waals surface area contributed by atoms with Crippen molar-refractivity contribution in [2.24, 2.45) is 0 Å². The molecule has 9 nitrogen and oxygen atoms in total. The quantitative estimate of drug-likeness (QED) is 0.242. The first-order valence-corrected chi connectivity index (χ1v) is 12.7. The Morgan fingerprint density at radius 3 is 2.92 bits per heavy atom. The van der Waals surface area contributed by atoms with Gasteiger partial charge in [-0.1, -0.05) is 18.2 Å². The number of H-pyrrole nitrogens is 1. The lowest BCUT2D eigenvalue weighted by molar-refractivity contribution is -0.151. The highest BCUT2D eigenvalue weighted by molar-refractivity contribution is 5.92. The number of carbonyl (C=O) groups excluding carboxylic acids is 1. The molecule has 3 heterocycles. The number of benzene rings is 2. The lowest BCUT2D eigenvalue weighted by Gasteiger charge is -2.29. The number of para-hydroxylation sites is 1. The van der Waals surface area contributed by atoms with Gasteiger partial charge < -0.3 is 38.8 Å². The normalized spacial score (nSPS) is 17.4. The summed E-state index contributed by atoms with van der Waals surface area (Å²) >= 11 is 0. The molecule has 0 fully saturated rings. The summed E-state index contributed by atoms with van der Waals surface area (Å²) in [7, 11) is 1.64. The molecule has 2 aromatic heterocycles. The second-order valence-corrected chi connectivity index (χ2v) is 9.05. The van der Waals surface area contributed by atoms with Crippen LogP contribution in [0.4, 0.5) is 0 Å². The standard InChI is InChI=1S/C29H32N2O7/c1-34-21-6-7-25-23(16-21)19(17-31-25)8-9-30-29(33)27-14-20(15-28(38-27)36-13-12-35-11-10-32)24-18-37-26-5-3-2-4-22(24)26/h2-7,14,16-18,20,28,31-32H,8-13,15H2,1H3,(H,30,33)/t20-,28+/m1/s1. The van der Waals surface area contributed by atoms with Crippen LogP contribution in [0.2, 0.25) is 0 Å². The predicted octanol–water partition coefficient (Wildman–Crippen LogP) is 4.02. The van der Waals surface area contributed by atoms with Gasteiger partial charge in [0, 0.05) is 46.9 Å². The minimum absolute atomic E-state index is 0.0469. The highest BCUT2D eigenvalue weighted by Crippen LogP contribution is 2.36. The molecule has 200 valence electrons. The number of rotatable bonds is 12. The first-order chi connectivity index (χ1) is 18.7. The SMILES string of the molecule is COc1ccc2[nH]cc(CCNC(=O)C3=C[C@@H](c4coc5ccccc45)C[C@@H](OCCOCCO)O3)c2c1. The summed E-state index contributed by atoms with van der Waals surface area (Å²) in [6.45, 7) is 1.23. The van der Waals surface area contributed by atoms with Crippen LogP contribution >= 0.6 is 0 Å². The molecule has 0 radical (unpaired) electrons. The molecule has 0 bridgehead atoms. The fraction of sp³-hybridized carbons (Fsp3) is 0.345. The van der Waals surface area contributed by atoms with Gasteiger partial charge in [-0.25, -0.2) is 0 Å². The predicted molar refractivity (Wildman–Crippen MR) is 142 cm³/mol. The highest BCUT2D eigenvalue weighted by atomic mass is 16.7. The van der Waals surface area contributed by atoms with Crippen LogP contribution < -0.4 is 10.1 Å². The molecule has 38 heavy (non-hydrogen) atoms. The molecule has 1 aliphatic rings. The maximum Gasteiger partial charge on any atom is 0.286 e. The molecule has 4 aromatic rings. The minimum atomic E-state index is -0.627. The molecule has 0 spiro atoms. The fourth-order valence-corrected chi connectivity index (χ4v) is 4.71. The number of hydrogen-bond acceptors (Lipinski definition) is 7. The Labute approximate surface area is 220 Å². The van der Waals surface area contributed by atoms with Crippen molar-refractivity contribution in [2.75, 3.05) is 40.1 Å². The number of ether oxygens (including phenoxy) is 4. The molecule has 2 atom stereocenters. The summed E-state index contributed by atoms with van der Waals surface area (Å²) in [6, 6.07) is 13.7. The number of fused-ring (bicyclic) bond motifs is 2. The summed E-state index contributed by atoms with van der Waals surface area (Å²) in [5.41, 5.74) is 3.87. The second-order valence-electron chi connectivity index (χ2n) is 9.05. The van der Waals surface area contributed by atoms with Crippen LogP contribution in [0.1, 0.15) is 23.5 Å². The Bertz CT molecular complexity index is 1410. The van der Waals surface area contributed by atoms with E-state index in [2.05, 4.69) is 10.3 Å². The summed E-state index contributed by atoms with van der Waals surface area (Å²) in [5.74, 6) is 0.574. The van der Waals surface area contributed by atoms with Crippen LogP contribution in [0.25, 0.3) is 21.9 Å². The average molecular weight is 521 g/mol. The third-order valence-corrected chi connectivity index (χ3v) is 6.61. The number of aromatic nitrogens is 1. The van der Waals surface area contributed by atoms with E-state index in [0.717, 1.165) is 38.7 Å². The second kappa shape index (κ2) is 12.2. The van der Waals surface area contributed by atoms with Crippen molar-refractivity contribution in [1.82, 2.24) is 10.3 Å². The van der Waals surface area contributed by atoms with Crippen molar-refractivity contribution < 1.29 is 33.3 Å². The smallest absolute Gasteiger partial charge is 0.286 e. The number of aliphatic hydroxyl groups excluding tert-OH is 1. The topological polar surface area (TPSA) is 115 Å². The van der Waals surface area contributed by atoms with Crippen LogP contribution in [-0.4, -0.2) is 62.4 Å². The van der Waals surface area contributed by atoms with Crippen LogP contribution in [0, 0.1) is 0 Å². The van der Waals surface area contributed by atoms with Crippen molar-refractivity contribution >= 4 is 27.8 Å². The van der Waals surface area contributed by atoms with Gasteiger partial charge >= 0.3 is 0 Å². The molecular weight excluding hydrogens is 488 g/mol. The third kappa shape index (κ3) is 5.85. The lowest BCUT2D eigenvalue weighted by Crippen LogP contribution is -2.34. The van der Waals surface area contributed by atoms with Gasteiger partial charge in [-0.15, -0.1) is 0 Å². The zero-order valence-electron chi connectivity index (χ0n) is 21.3. The van der Waals surface area contributed by atoms with E-state index >= 15 is 0 Å². The molecular formula is C29H32N2O7. The van der Waals surface area contributed by atoms with E-state index in [0.29, 0.717) is 26.0 Å². The molecule has 0 saturated carbocycles. The van der Waals surface area contributed by atoms with Gasteiger partial charge in [-0.3, -0.25) is 4.79 Å². The van der Waals surface area contributed by atoms with Gasteiger partial charge in [0.25, 0.3) is 5.91 Å². The van der Waals surface area contributed by atoms with Gasteiger partial charge in [0.1, 0.15) is 11.3 Å². The molecule has 9 heteroatoms. The molecule has 0 saturated heterocycles. The summed E-state index contributed by atoms with van der Waals surface area (Å²) in [6.07, 6.45) is 6.07. The largest absolute Gasteiger partial charge is 0.497 e. The zero-order valence-corrected chi connectivity index (χ0v) is 21.3. The number of hydrogen-bond donors (Lipinski definition) is 3. The Kier molecular flexibility index (Phi) is 8.28. The van der Waals surface area contributed by atoms with E-state index in [1.165, 1.54) is 0 Å². The van der Waals surface area contributed by atoms with Crippen LogP contribution in [0.15, 0.2) is 71.2 Å². The van der Waals surface area contributed by atoms with Gasteiger partial charge in [-0.2, -0.15) is 0 Å². The molecule has 3 N–H and O–H groups in total. The van der Waals surface area contributed by atoms with E-state index < -0.39 is 6.29 Å². The summed E-state index contributed by atoms with van der Waals surface area (Å²) in [5, 5.41) is 13.9. The molecule has 0 unspecified atom stereocenters. The van der Waals surface area contributed by atoms with Crippen LogP contribution in [0.3, 0.4) is 0 Å². The number of furan rings is 1. The van der Waals surface area contributed by atoms with Crippen molar-refractivity contribution in [2.45, 2.75) is 25.0 Å². The first-order valence-electron chi connectivity index (χ1n) is 12.7. The summed E-state index contributed by atoms with van der Waals surface area (Å²) < 4.78 is 28.2. The third-order valence-electron chi connectivity index (χ3n) is 6.61. The molecule has 2 aromatic carbocycles. The number of allylic oxidation sites excluding steroid dienone is 1. The average Bonchev–Trinajstić information content (AvgIpc) is 3.56. The lowest BCUT2D eigenvalue weighted by atomic mass is 9.92. The number of nitrogens with one attached hydrogen (secondary N) is 2. The van der Waals surface area contributed by atoms with Crippen molar-refractivity contribution in [1.29, 1.82) is 0 Å². The van der Waals surface area contributed by atoms with Crippen molar-refractivity contribution in [3.05, 3.63) is 77.9 Å². The highest BCUT2D eigenvalue weighted by Gasteiger charge is 2.30. The number of methoxy groups -OCH3 is 1. The first kappa shape index (κ1) is 25.8. The number of aliphatic hydroxyl groups is 1. The monoisotopic (exact) mass is 520 g/mol. The van der Waals surface area contributed by atoms with Gasteiger partial charge in [-0.05, 0) is 42.3 Å². The summed E-state index contributed by atoms with van der Waals surface area (Å²) in [4.78, 5) is 16.4. The van der Waals surface area contributed by atoms with Crippen LogP contribution in [-0.2, 0) is 25.4 Å². The van der Waals surface area contributed by atoms with Crippen molar-refractivity contribution in [3.63, 3.8) is 0 Å². The Morgan fingerprint density at radius 2 is 2.05 bits per heavy atom. The van der Waals surface area contributed by atoms with Crippen molar-refractivity contribution in [3.8, 4) is 5.75 Å². The van der Waals surface area contributed by atoms with E-state index in [9.17, 15) is 4.79 Å². The number of carbonyl (C=O) groups is 1. The van der Waals surface area contributed by atoms with E-state index in [1.54, 1.807) is 13.4 Å². The van der Waals surface area contributed by atoms with E-state index in [-0.39, 0.29) is 37.4 Å². The minimum Gasteiger partial charge on any atom is -0.497 e. The van der Waals surface area contributed by atoms with E-state index in [1.807, 2.05) is 54.7 Å². The van der Waals surface area contributed by atoms with Gasteiger partial charge in [0.2, 0.25) is 6.29 Å². The fourth-order valence-electron chi connectivity index (χ4n) is 4.71. The maximum absolute atomic E-state index is 13.2. The van der Waals surface area contributed by atoms with Gasteiger partial charge in [0.15, 0.2) is 5.76 Å². The molecule has 1 amide bonds. The number of aromatic amines is 1. The van der Waals surface area contributed by atoms with Crippen LogP contribution in [0.5, 0.6) is 5.75 Å².